The third kappa shape index (κ3) is 2.73. The number of aromatic nitrogens is 3. The molecule has 0 amide bonds. The molecular formula is C13H17FN4. The predicted molar refractivity (Wildman–Crippen MR) is 67.6 cm³/mol. The number of nitrogens with one attached hydrogen (secondary N) is 1. The Bertz CT molecular complexity index is 536. The third-order valence-electron chi connectivity index (χ3n) is 2.94. The second kappa shape index (κ2) is 5.27. The Kier molecular flexibility index (Phi) is 3.72. The molecular weight excluding hydrogens is 231 g/mol. The molecule has 0 fully saturated rings. The zero-order valence-corrected chi connectivity index (χ0v) is 10.8. The molecule has 2 aromatic rings. The summed E-state index contributed by atoms with van der Waals surface area (Å²) in [5, 5.41) is 11.0. The highest BCUT2D eigenvalue weighted by molar-refractivity contribution is 5.27. The van der Waals surface area contributed by atoms with E-state index in [1.165, 1.54) is 0 Å². The summed E-state index contributed by atoms with van der Waals surface area (Å²) < 4.78 is 15.6. The van der Waals surface area contributed by atoms with Gasteiger partial charge in [-0.2, -0.15) is 0 Å². The second-order valence-corrected chi connectivity index (χ2v) is 4.45. The predicted octanol–water partition coefficient (Wildman–Crippen LogP) is 1.77. The lowest BCUT2D eigenvalue weighted by Crippen LogP contribution is -2.20. The highest BCUT2D eigenvalue weighted by Gasteiger charge is 2.16. The number of rotatable bonds is 4. The average Bonchev–Trinajstić information content (AvgIpc) is 2.72. The fraction of sp³-hybridized carbons (Fsp3) is 0.385. The number of halogens is 1. The molecule has 0 bridgehead atoms. The van der Waals surface area contributed by atoms with Gasteiger partial charge in [0, 0.05) is 31.3 Å². The van der Waals surface area contributed by atoms with Crippen LogP contribution in [0.2, 0.25) is 0 Å². The number of benzene rings is 1. The van der Waals surface area contributed by atoms with E-state index in [1.807, 2.05) is 39.3 Å². The molecule has 1 aromatic carbocycles. The molecule has 0 aliphatic rings. The summed E-state index contributed by atoms with van der Waals surface area (Å²) in [6, 6.07) is 5.19. The van der Waals surface area contributed by atoms with E-state index in [0.717, 1.165) is 11.3 Å². The number of aryl methyl sites for hydroxylation is 2. The van der Waals surface area contributed by atoms with E-state index < -0.39 is 0 Å². The molecule has 0 aliphatic heterocycles. The molecule has 1 unspecified atom stereocenters. The SMILES string of the molecule is CNC(Cc1cn(C)nn1)c1ccc(C)cc1F. The van der Waals surface area contributed by atoms with Gasteiger partial charge in [-0.05, 0) is 25.6 Å². The van der Waals surface area contributed by atoms with E-state index in [9.17, 15) is 4.39 Å². The Morgan fingerprint density at radius 2 is 2.22 bits per heavy atom. The molecule has 0 radical (unpaired) electrons. The molecule has 4 nitrogen and oxygen atoms in total. The Labute approximate surface area is 106 Å². The van der Waals surface area contributed by atoms with Crippen LogP contribution in [-0.4, -0.2) is 22.0 Å². The lowest BCUT2D eigenvalue weighted by molar-refractivity contribution is 0.529. The molecule has 1 atom stereocenters. The largest absolute Gasteiger partial charge is 0.313 e. The van der Waals surface area contributed by atoms with Gasteiger partial charge in [-0.1, -0.05) is 17.3 Å². The van der Waals surface area contributed by atoms with E-state index in [2.05, 4.69) is 15.6 Å². The van der Waals surface area contributed by atoms with Crippen LogP contribution in [0.1, 0.15) is 22.9 Å². The standard InChI is InChI=1S/C13H17FN4/c1-9-4-5-11(12(14)6-9)13(15-2)7-10-8-18(3)17-16-10/h4-6,8,13,15H,7H2,1-3H3. The minimum atomic E-state index is -0.182. The Morgan fingerprint density at radius 1 is 1.44 bits per heavy atom. The third-order valence-corrected chi connectivity index (χ3v) is 2.94. The van der Waals surface area contributed by atoms with Crippen molar-refractivity contribution < 1.29 is 4.39 Å². The van der Waals surface area contributed by atoms with Crippen molar-refractivity contribution >= 4 is 0 Å². The number of likely N-dealkylation sites (N-methyl/N-ethyl adjacent to an activating group) is 1. The Balaban J connectivity index is 2.22. The van der Waals surface area contributed by atoms with Crippen LogP contribution < -0.4 is 5.32 Å². The number of nitrogens with zero attached hydrogens (tertiary/aromatic N) is 3. The van der Waals surface area contributed by atoms with Crippen molar-refractivity contribution in [1.82, 2.24) is 20.3 Å². The summed E-state index contributed by atoms with van der Waals surface area (Å²) in [7, 11) is 3.64. The van der Waals surface area contributed by atoms with Crippen LogP contribution in [-0.2, 0) is 13.5 Å². The van der Waals surface area contributed by atoms with Crippen molar-refractivity contribution in [3.8, 4) is 0 Å². The summed E-state index contributed by atoms with van der Waals surface area (Å²) in [4.78, 5) is 0. The summed E-state index contributed by atoms with van der Waals surface area (Å²) in [6.07, 6.45) is 2.46. The fourth-order valence-electron chi connectivity index (χ4n) is 1.98. The molecule has 0 aliphatic carbocycles. The number of hydrogen-bond acceptors (Lipinski definition) is 3. The zero-order chi connectivity index (χ0) is 13.1. The first-order valence-corrected chi connectivity index (χ1v) is 5.88. The highest BCUT2D eigenvalue weighted by atomic mass is 19.1. The summed E-state index contributed by atoms with van der Waals surface area (Å²) in [5.41, 5.74) is 2.43. The molecule has 5 heteroatoms. The van der Waals surface area contributed by atoms with E-state index in [4.69, 9.17) is 0 Å². The van der Waals surface area contributed by atoms with Crippen LogP contribution >= 0.6 is 0 Å². The lowest BCUT2D eigenvalue weighted by atomic mass is 10.0. The normalized spacial score (nSPS) is 12.7. The molecule has 18 heavy (non-hydrogen) atoms. The molecule has 0 saturated carbocycles. The first-order chi connectivity index (χ1) is 8.60. The van der Waals surface area contributed by atoms with Gasteiger partial charge in [-0.15, -0.1) is 5.10 Å². The van der Waals surface area contributed by atoms with Crippen molar-refractivity contribution in [1.29, 1.82) is 0 Å². The summed E-state index contributed by atoms with van der Waals surface area (Å²) in [5.74, 6) is -0.182. The second-order valence-electron chi connectivity index (χ2n) is 4.45. The van der Waals surface area contributed by atoms with Gasteiger partial charge >= 0.3 is 0 Å². The topological polar surface area (TPSA) is 42.7 Å². The van der Waals surface area contributed by atoms with Crippen molar-refractivity contribution in [3.63, 3.8) is 0 Å². The van der Waals surface area contributed by atoms with Crippen LogP contribution in [0.25, 0.3) is 0 Å². The molecule has 0 saturated heterocycles. The van der Waals surface area contributed by atoms with Crippen molar-refractivity contribution in [2.45, 2.75) is 19.4 Å². The summed E-state index contributed by atoms with van der Waals surface area (Å²) >= 11 is 0. The highest BCUT2D eigenvalue weighted by Crippen LogP contribution is 2.21. The molecule has 1 N–H and O–H groups in total. The van der Waals surface area contributed by atoms with Gasteiger partial charge in [0.05, 0.1) is 5.69 Å². The van der Waals surface area contributed by atoms with Crippen LogP contribution in [0.3, 0.4) is 0 Å². The van der Waals surface area contributed by atoms with Gasteiger partial charge < -0.3 is 5.32 Å². The van der Waals surface area contributed by atoms with Gasteiger partial charge in [-0.3, -0.25) is 4.68 Å². The maximum atomic E-state index is 13.9. The number of hydrogen-bond donors (Lipinski definition) is 1. The first-order valence-electron chi connectivity index (χ1n) is 5.88. The van der Waals surface area contributed by atoms with Crippen LogP contribution in [0.15, 0.2) is 24.4 Å². The van der Waals surface area contributed by atoms with E-state index in [-0.39, 0.29) is 11.9 Å². The molecule has 96 valence electrons. The van der Waals surface area contributed by atoms with Crippen molar-refractivity contribution in [3.05, 3.63) is 47.0 Å². The maximum absolute atomic E-state index is 13.9. The molecule has 1 aromatic heterocycles. The minimum Gasteiger partial charge on any atom is -0.313 e. The van der Waals surface area contributed by atoms with Gasteiger partial charge in [-0.25, -0.2) is 4.39 Å². The van der Waals surface area contributed by atoms with Crippen molar-refractivity contribution in [2.24, 2.45) is 7.05 Å². The van der Waals surface area contributed by atoms with Gasteiger partial charge in [0.15, 0.2) is 0 Å². The lowest BCUT2D eigenvalue weighted by Gasteiger charge is -2.16. The van der Waals surface area contributed by atoms with E-state index in [1.54, 1.807) is 10.7 Å². The molecule has 1 heterocycles. The van der Waals surface area contributed by atoms with E-state index >= 15 is 0 Å². The smallest absolute Gasteiger partial charge is 0.128 e. The van der Waals surface area contributed by atoms with Crippen molar-refractivity contribution in [2.75, 3.05) is 7.05 Å². The molecule has 0 spiro atoms. The minimum absolute atomic E-state index is 0.0951. The van der Waals surface area contributed by atoms with Crippen LogP contribution in [0.4, 0.5) is 4.39 Å². The first kappa shape index (κ1) is 12.7. The summed E-state index contributed by atoms with van der Waals surface area (Å²) in [6.45, 7) is 1.88. The van der Waals surface area contributed by atoms with Gasteiger partial charge in [0.25, 0.3) is 0 Å². The molecule has 2 rings (SSSR count). The maximum Gasteiger partial charge on any atom is 0.128 e. The van der Waals surface area contributed by atoms with Gasteiger partial charge in [0.1, 0.15) is 5.82 Å². The Morgan fingerprint density at radius 3 is 2.78 bits per heavy atom. The monoisotopic (exact) mass is 248 g/mol. The van der Waals surface area contributed by atoms with E-state index in [0.29, 0.717) is 12.0 Å². The van der Waals surface area contributed by atoms with Crippen LogP contribution in [0.5, 0.6) is 0 Å². The zero-order valence-electron chi connectivity index (χ0n) is 10.8. The fourth-order valence-corrected chi connectivity index (χ4v) is 1.98. The average molecular weight is 248 g/mol. The van der Waals surface area contributed by atoms with Crippen LogP contribution in [0, 0.1) is 12.7 Å². The quantitative estimate of drug-likeness (QED) is 0.896. The Hall–Kier alpha value is -1.75. The van der Waals surface area contributed by atoms with Gasteiger partial charge in [0.2, 0.25) is 0 Å².